The summed E-state index contributed by atoms with van der Waals surface area (Å²) in [5.74, 6) is 9.50. The van der Waals surface area contributed by atoms with Crippen molar-refractivity contribution in [1.29, 1.82) is 0 Å². The first-order valence-corrected chi connectivity index (χ1v) is 20.6. The van der Waals surface area contributed by atoms with Gasteiger partial charge in [-0.15, -0.1) is 0 Å². The van der Waals surface area contributed by atoms with Gasteiger partial charge in [0.05, 0.1) is 0 Å². The predicted molar refractivity (Wildman–Crippen MR) is 196 cm³/mol. The highest BCUT2D eigenvalue weighted by molar-refractivity contribution is 4.98. The molecule has 0 aromatic carbocycles. The van der Waals surface area contributed by atoms with Gasteiger partial charge in [0.15, 0.2) is 0 Å². The molecule has 0 heterocycles. The molecule has 2 rings (SSSR count). The van der Waals surface area contributed by atoms with Crippen LogP contribution in [0.5, 0.6) is 0 Å². The second-order valence-electron chi connectivity index (χ2n) is 17.6. The highest BCUT2D eigenvalue weighted by Gasteiger charge is 2.49. The molecule has 2 fully saturated rings. The first kappa shape index (κ1) is 39.2. The lowest BCUT2D eigenvalue weighted by molar-refractivity contribution is 0.0755. The van der Waals surface area contributed by atoms with Crippen LogP contribution < -0.4 is 0 Å². The van der Waals surface area contributed by atoms with E-state index in [0.29, 0.717) is 5.41 Å². The molecule has 10 unspecified atom stereocenters. The van der Waals surface area contributed by atoms with Gasteiger partial charge in [-0.1, -0.05) is 185 Å². The minimum absolute atomic E-state index is 0.505. The van der Waals surface area contributed by atoms with E-state index in [9.17, 15) is 0 Å². The quantitative estimate of drug-likeness (QED) is 0.102. The summed E-state index contributed by atoms with van der Waals surface area (Å²) >= 11 is 0. The van der Waals surface area contributed by atoms with E-state index in [-0.39, 0.29) is 0 Å². The fourth-order valence-corrected chi connectivity index (χ4v) is 9.80. The van der Waals surface area contributed by atoms with Gasteiger partial charge in [0, 0.05) is 0 Å². The van der Waals surface area contributed by atoms with Crippen molar-refractivity contribution in [3.8, 4) is 0 Å². The summed E-state index contributed by atoms with van der Waals surface area (Å²) < 4.78 is 0. The van der Waals surface area contributed by atoms with Crippen LogP contribution in [0.2, 0.25) is 0 Å². The van der Waals surface area contributed by atoms with Crippen molar-refractivity contribution < 1.29 is 0 Å². The maximum atomic E-state index is 2.74. The summed E-state index contributed by atoms with van der Waals surface area (Å²) in [4.78, 5) is 0. The highest BCUT2D eigenvalue weighted by Crippen LogP contribution is 2.56. The summed E-state index contributed by atoms with van der Waals surface area (Å²) in [6, 6.07) is 0. The molecule has 2 aliphatic rings. The molecule has 0 heteroatoms. The largest absolute Gasteiger partial charge is 0.0654 e. The van der Waals surface area contributed by atoms with Gasteiger partial charge >= 0.3 is 0 Å². The first-order valence-electron chi connectivity index (χ1n) is 20.6. The normalized spacial score (nSPS) is 29.0. The van der Waals surface area contributed by atoms with Crippen LogP contribution in [0.15, 0.2) is 0 Å². The van der Waals surface area contributed by atoms with Gasteiger partial charge in [-0.05, 0) is 90.3 Å². The standard InChI is InChI=1S/C43H84/c1-11-14-25-38(32-40-28-18-16-15-17-27-39(40)22-12-2)26-19-20-29-43(10,35(7)24-21-23-33(4)5)36(8)31-42-37(9)41(42)30-34(6)13-3/h33-42H,11-32H2,1-10H3. The van der Waals surface area contributed by atoms with Crippen molar-refractivity contribution in [3.63, 3.8) is 0 Å². The van der Waals surface area contributed by atoms with Crippen LogP contribution in [0.3, 0.4) is 0 Å². The molecule has 0 nitrogen and oxygen atoms in total. The topological polar surface area (TPSA) is 0 Å². The van der Waals surface area contributed by atoms with Crippen molar-refractivity contribution in [1.82, 2.24) is 0 Å². The SMILES string of the molecule is CCCCC(CCCCC(C)(C(C)CCCC(C)C)C(C)CC1C(C)C1CC(C)CC)CC1CCCCCCC1CCC. The molecule has 0 radical (unpaired) electrons. The van der Waals surface area contributed by atoms with Gasteiger partial charge in [0.25, 0.3) is 0 Å². The second-order valence-corrected chi connectivity index (χ2v) is 17.6. The average molecular weight is 601 g/mol. The molecular formula is C43H84. The van der Waals surface area contributed by atoms with Crippen molar-refractivity contribution in [2.45, 2.75) is 210 Å². The first-order chi connectivity index (χ1) is 20.6. The molecule has 0 spiro atoms. The van der Waals surface area contributed by atoms with Crippen LogP contribution in [0.25, 0.3) is 0 Å². The Labute approximate surface area is 274 Å². The van der Waals surface area contributed by atoms with Crippen molar-refractivity contribution in [2.24, 2.45) is 64.6 Å². The Morgan fingerprint density at radius 2 is 1.28 bits per heavy atom. The van der Waals surface area contributed by atoms with Crippen LogP contribution in [-0.4, -0.2) is 0 Å². The third-order valence-electron chi connectivity index (χ3n) is 13.8. The molecule has 10 atom stereocenters. The lowest BCUT2D eigenvalue weighted by Gasteiger charge is -2.42. The van der Waals surface area contributed by atoms with E-state index in [1.165, 1.54) is 135 Å². The molecule has 256 valence electrons. The predicted octanol–water partition coefficient (Wildman–Crippen LogP) is 14.9. The lowest BCUT2D eigenvalue weighted by Crippen LogP contribution is -2.33. The zero-order valence-corrected chi connectivity index (χ0v) is 31.8. The van der Waals surface area contributed by atoms with Crippen molar-refractivity contribution in [2.75, 3.05) is 0 Å². The molecule has 0 aromatic rings. The number of hydrogen-bond acceptors (Lipinski definition) is 0. The highest BCUT2D eigenvalue weighted by atomic mass is 14.5. The second kappa shape index (κ2) is 21.0. The summed E-state index contributed by atoms with van der Waals surface area (Å²) in [6.45, 7) is 25.2. The van der Waals surface area contributed by atoms with E-state index in [1.807, 2.05) is 0 Å². The Balaban J connectivity index is 2.01. The third-order valence-corrected chi connectivity index (χ3v) is 13.8. The van der Waals surface area contributed by atoms with E-state index in [2.05, 4.69) is 69.2 Å². The maximum absolute atomic E-state index is 2.74. The molecular weight excluding hydrogens is 516 g/mol. The van der Waals surface area contributed by atoms with Crippen LogP contribution in [-0.2, 0) is 0 Å². The molecule has 0 N–H and O–H groups in total. The van der Waals surface area contributed by atoms with Crippen LogP contribution in [0, 0.1) is 64.6 Å². The Bertz CT molecular complexity index is 678. The molecule has 0 saturated heterocycles. The van der Waals surface area contributed by atoms with Crippen molar-refractivity contribution in [3.05, 3.63) is 0 Å². The fraction of sp³-hybridized carbons (Fsp3) is 1.00. The zero-order chi connectivity index (χ0) is 31.8. The molecule has 0 aromatic heterocycles. The number of rotatable bonds is 23. The minimum atomic E-state index is 0.505. The molecule has 0 bridgehead atoms. The summed E-state index contributed by atoms with van der Waals surface area (Å²) in [7, 11) is 0. The van der Waals surface area contributed by atoms with Gasteiger partial charge in [0.1, 0.15) is 0 Å². The molecule has 2 saturated carbocycles. The Morgan fingerprint density at radius 3 is 1.91 bits per heavy atom. The molecule has 0 aliphatic heterocycles. The zero-order valence-electron chi connectivity index (χ0n) is 31.8. The van der Waals surface area contributed by atoms with E-state index >= 15 is 0 Å². The average Bonchev–Trinajstić information content (AvgIpc) is 3.57. The van der Waals surface area contributed by atoms with E-state index in [0.717, 1.165) is 59.2 Å². The van der Waals surface area contributed by atoms with Crippen LogP contribution >= 0.6 is 0 Å². The van der Waals surface area contributed by atoms with Gasteiger partial charge in [-0.2, -0.15) is 0 Å². The number of hydrogen-bond donors (Lipinski definition) is 0. The maximum Gasteiger partial charge on any atom is -0.0274 e. The Morgan fingerprint density at radius 1 is 0.628 bits per heavy atom. The molecule has 0 amide bonds. The summed E-state index contributed by atoms with van der Waals surface area (Å²) in [5.41, 5.74) is 0.505. The summed E-state index contributed by atoms with van der Waals surface area (Å²) in [6.07, 6.45) is 32.4. The smallest absolute Gasteiger partial charge is 0.0274 e. The summed E-state index contributed by atoms with van der Waals surface area (Å²) in [5, 5.41) is 0. The minimum Gasteiger partial charge on any atom is -0.0654 e. The third kappa shape index (κ3) is 13.7. The number of unbranched alkanes of at least 4 members (excludes halogenated alkanes) is 2. The molecule has 2 aliphatic carbocycles. The van der Waals surface area contributed by atoms with Gasteiger partial charge in [-0.3, -0.25) is 0 Å². The van der Waals surface area contributed by atoms with Gasteiger partial charge < -0.3 is 0 Å². The van der Waals surface area contributed by atoms with E-state index in [1.54, 1.807) is 6.42 Å². The Hall–Kier alpha value is 0. The monoisotopic (exact) mass is 601 g/mol. The Kier molecular flexibility index (Phi) is 19.1. The van der Waals surface area contributed by atoms with Crippen molar-refractivity contribution >= 4 is 0 Å². The van der Waals surface area contributed by atoms with E-state index < -0.39 is 0 Å². The van der Waals surface area contributed by atoms with Crippen LogP contribution in [0.4, 0.5) is 0 Å². The van der Waals surface area contributed by atoms with E-state index in [4.69, 9.17) is 0 Å². The molecule has 43 heavy (non-hydrogen) atoms. The van der Waals surface area contributed by atoms with Crippen LogP contribution in [0.1, 0.15) is 210 Å². The fourth-order valence-electron chi connectivity index (χ4n) is 9.80. The lowest BCUT2D eigenvalue weighted by atomic mass is 9.63. The van der Waals surface area contributed by atoms with Gasteiger partial charge in [0.2, 0.25) is 0 Å². The van der Waals surface area contributed by atoms with Gasteiger partial charge in [-0.25, -0.2) is 0 Å².